The zero-order valence-corrected chi connectivity index (χ0v) is 17.1. The highest BCUT2D eigenvalue weighted by atomic mass is 19.4. The van der Waals surface area contributed by atoms with E-state index in [2.05, 4.69) is 10.1 Å². The van der Waals surface area contributed by atoms with Gasteiger partial charge in [0.05, 0.1) is 17.7 Å². The normalized spacial score (nSPS) is 11.9. The van der Waals surface area contributed by atoms with Crippen LogP contribution in [-0.2, 0) is 12.7 Å². The van der Waals surface area contributed by atoms with E-state index in [0.29, 0.717) is 40.4 Å². The summed E-state index contributed by atoms with van der Waals surface area (Å²) in [6.45, 7) is 2.48. The number of halogens is 3. The highest BCUT2D eigenvalue weighted by molar-refractivity contribution is 5.82. The predicted octanol–water partition coefficient (Wildman–Crippen LogP) is 6.73. The van der Waals surface area contributed by atoms with Crippen molar-refractivity contribution in [2.75, 3.05) is 0 Å². The van der Waals surface area contributed by atoms with Gasteiger partial charge in [-0.2, -0.15) is 18.3 Å². The molecule has 0 aliphatic heterocycles. The molecule has 0 aliphatic carbocycles. The fraction of sp³-hybridized carbons (Fsp3) is 0.120. The van der Waals surface area contributed by atoms with Crippen molar-refractivity contribution in [3.63, 3.8) is 0 Å². The van der Waals surface area contributed by atoms with Gasteiger partial charge in [-0.05, 0) is 42.3 Å². The van der Waals surface area contributed by atoms with Gasteiger partial charge in [0.15, 0.2) is 5.58 Å². The quantitative estimate of drug-likeness (QED) is 0.315. The zero-order chi connectivity index (χ0) is 22.3. The molecule has 5 aromatic rings. The lowest BCUT2D eigenvalue weighted by atomic mass is 10.1. The Morgan fingerprint density at radius 2 is 1.69 bits per heavy atom. The summed E-state index contributed by atoms with van der Waals surface area (Å²) in [5.74, 6) is 0.375. The molecule has 0 spiro atoms. The van der Waals surface area contributed by atoms with Gasteiger partial charge >= 0.3 is 6.18 Å². The van der Waals surface area contributed by atoms with Crippen LogP contribution in [0.2, 0.25) is 0 Å². The number of nitrogens with zero attached hydrogens (tertiary/aromatic N) is 3. The average Bonchev–Trinajstić information content (AvgIpc) is 3.37. The predicted molar refractivity (Wildman–Crippen MR) is 116 cm³/mol. The second-order valence-electron chi connectivity index (χ2n) is 7.64. The van der Waals surface area contributed by atoms with Crippen molar-refractivity contribution in [1.29, 1.82) is 0 Å². The van der Waals surface area contributed by atoms with Crippen LogP contribution in [-0.4, -0.2) is 14.8 Å². The van der Waals surface area contributed by atoms with Gasteiger partial charge < -0.3 is 4.42 Å². The number of oxazole rings is 1. The maximum atomic E-state index is 13.0. The molecule has 3 aromatic carbocycles. The van der Waals surface area contributed by atoms with Gasteiger partial charge in [-0.3, -0.25) is 4.68 Å². The van der Waals surface area contributed by atoms with Crippen molar-refractivity contribution in [3.8, 4) is 22.7 Å². The van der Waals surface area contributed by atoms with Crippen LogP contribution in [0.3, 0.4) is 0 Å². The summed E-state index contributed by atoms with van der Waals surface area (Å²) in [6.07, 6.45) is -2.58. The molecule has 4 nitrogen and oxygen atoms in total. The lowest BCUT2D eigenvalue weighted by Crippen LogP contribution is -2.04. The topological polar surface area (TPSA) is 43.9 Å². The lowest BCUT2D eigenvalue weighted by Gasteiger charge is -2.07. The first-order chi connectivity index (χ1) is 15.4. The molecule has 0 saturated carbocycles. The Morgan fingerprint density at radius 3 is 2.41 bits per heavy atom. The second-order valence-corrected chi connectivity index (χ2v) is 7.64. The number of aromatic nitrogens is 3. The van der Waals surface area contributed by atoms with Crippen LogP contribution in [0.1, 0.15) is 16.7 Å². The summed E-state index contributed by atoms with van der Waals surface area (Å²) < 4.78 is 46.8. The largest absolute Gasteiger partial charge is 0.436 e. The smallest absolute Gasteiger partial charge is 0.416 e. The summed E-state index contributed by atoms with van der Waals surface area (Å²) >= 11 is 0. The maximum absolute atomic E-state index is 13.0. The number of alkyl halides is 3. The third-order valence-corrected chi connectivity index (χ3v) is 5.21. The molecule has 0 fully saturated rings. The minimum absolute atomic E-state index is 0.375. The van der Waals surface area contributed by atoms with Crippen LogP contribution >= 0.6 is 0 Å². The molecule has 5 rings (SSSR count). The molecule has 0 saturated heterocycles. The molecular formula is C25H18F3N3O. The third-order valence-electron chi connectivity index (χ3n) is 5.21. The Bertz CT molecular complexity index is 1380. The maximum Gasteiger partial charge on any atom is 0.416 e. The number of aryl methyl sites for hydroxylation is 1. The SMILES string of the molecule is Cc1ccc2oc(-c3cn(Cc4ccccc4)nc3-c3ccc(C(F)(F)F)cc3)nc2c1. The van der Waals surface area contributed by atoms with E-state index in [1.165, 1.54) is 12.1 Å². The van der Waals surface area contributed by atoms with Crippen molar-refractivity contribution < 1.29 is 17.6 Å². The Labute approximate surface area is 181 Å². The molecule has 0 unspecified atom stereocenters. The van der Waals surface area contributed by atoms with Crippen molar-refractivity contribution in [1.82, 2.24) is 14.8 Å². The molecule has 32 heavy (non-hydrogen) atoms. The lowest BCUT2D eigenvalue weighted by molar-refractivity contribution is -0.137. The Morgan fingerprint density at radius 1 is 0.938 bits per heavy atom. The second kappa shape index (κ2) is 7.67. The van der Waals surface area contributed by atoms with Gasteiger partial charge in [0.1, 0.15) is 11.2 Å². The van der Waals surface area contributed by atoms with E-state index in [1.807, 2.05) is 61.7 Å². The van der Waals surface area contributed by atoms with Gasteiger partial charge in [-0.1, -0.05) is 48.5 Å². The third kappa shape index (κ3) is 3.89. The van der Waals surface area contributed by atoms with Crippen LogP contribution in [0.15, 0.2) is 83.4 Å². The van der Waals surface area contributed by atoms with Crippen LogP contribution in [0, 0.1) is 6.92 Å². The summed E-state index contributed by atoms with van der Waals surface area (Å²) in [5.41, 5.74) is 4.44. The van der Waals surface area contributed by atoms with Crippen LogP contribution in [0.5, 0.6) is 0 Å². The van der Waals surface area contributed by atoms with Crippen LogP contribution in [0.4, 0.5) is 13.2 Å². The van der Waals surface area contributed by atoms with E-state index < -0.39 is 11.7 Å². The van der Waals surface area contributed by atoms with Crippen molar-refractivity contribution in [2.24, 2.45) is 0 Å². The number of hydrogen-bond donors (Lipinski definition) is 0. The van der Waals surface area contributed by atoms with Gasteiger partial charge in [0.2, 0.25) is 5.89 Å². The summed E-state index contributed by atoms with van der Waals surface area (Å²) in [4.78, 5) is 4.61. The first-order valence-corrected chi connectivity index (χ1v) is 10.0. The van der Waals surface area contributed by atoms with E-state index in [9.17, 15) is 13.2 Å². The fourth-order valence-corrected chi connectivity index (χ4v) is 3.61. The molecule has 7 heteroatoms. The molecule has 0 atom stereocenters. The number of hydrogen-bond acceptors (Lipinski definition) is 3. The highest BCUT2D eigenvalue weighted by Gasteiger charge is 2.30. The summed E-state index contributed by atoms with van der Waals surface area (Å²) in [5, 5.41) is 4.67. The highest BCUT2D eigenvalue weighted by Crippen LogP contribution is 2.35. The average molecular weight is 433 g/mol. The molecule has 2 aromatic heterocycles. The molecule has 0 amide bonds. The Kier molecular flexibility index (Phi) is 4.81. The van der Waals surface area contributed by atoms with E-state index in [4.69, 9.17) is 4.42 Å². The first kappa shape index (κ1) is 20.1. The van der Waals surface area contributed by atoms with E-state index in [1.54, 1.807) is 4.68 Å². The van der Waals surface area contributed by atoms with E-state index in [-0.39, 0.29) is 0 Å². The molecule has 160 valence electrons. The monoisotopic (exact) mass is 433 g/mol. The van der Waals surface area contributed by atoms with Crippen LogP contribution < -0.4 is 0 Å². The molecule has 0 radical (unpaired) electrons. The standard InChI is InChI=1S/C25H18F3N3O/c1-16-7-12-22-21(13-16)29-24(32-22)20-15-31(14-17-5-3-2-4-6-17)30-23(20)18-8-10-19(11-9-18)25(26,27)28/h2-13,15H,14H2,1H3. The number of rotatable bonds is 4. The van der Waals surface area contributed by atoms with Gasteiger partial charge in [-0.25, -0.2) is 4.98 Å². The number of fused-ring (bicyclic) bond motifs is 1. The Hall–Kier alpha value is -3.87. The van der Waals surface area contributed by atoms with Gasteiger partial charge in [0.25, 0.3) is 0 Å². The minimum atomic E-state index is -4.40. The molecular weight excluding hydrogens is 415 g/mol. The number of benzene rings is 3. The molecule has 0 N–H and O–H groups in total. The van der Waals surface area contributed by atoms with Crippen LogP contribution in [0.25, 0.3) is 33.8 Å². The van der Waals surface area contributed by atoms with Crippen molar-refractivity contribution >= 4 is 11.1 Å². The first-order valence-electron chi connectivity index (χ1n) is 10.0. The van der Waals surface area contributed by atoms with Crippen molar-refractivity contribution in [3.05, 3.63) is 95.7 Å². The zero-order valence-electron chi connectivity index (χ0n) is 17.1. The Balaban J connectivity index is 1.61. The fourth-order valence-electron chi connectivity index (χ4n) is 3.61. The summed E-state index contributed by atoms with van der Waals surface area (Å²) in [7, 11) is 0. The van der Waals surface area contributed by atoms with E-state index >= 15 is 0 Å². The molecule has 0 bridgehead atoms. The van der Waals surface area contributed by atoms with Gasteiger partial charge in [-0.15, -0.1) is 0 Å². The van der Waals surface area contributed by atoms with E-state index in [0.717, 1.165) is 23.3 Å². The molecule has 0 aliphatic rings. The van der Waals surface area contributed by atoms with Crippen molar-refractivity contribution in [2.45, 2.75) is 19.6 Å². The summed E-state index contributed by atoms with van der Waals surface area (Å²) in [6, 6.07) is 20.5. The molecule has 2 heterocycles. The van der Waals surface area contributed by atoms with Gasteiger partial charge in [0, 0.05) is 11.8 Å². The minimum Gasteiger partial charge on any atom is -0.436 e.